The van der Waals surface area contributed by atoms with Crippen LogP contribution in [0.3, 0.4) is 0 Å². The summed E-state index contributed by atoms with van der Waals surface area (Å²) in [4.78, 5) is 33.6. The molecule has 0 saturated carbocycles. The van der Waals surface area contributed by atoms with E-state index in [0.29, 0.717) is 11.7 Å². The fourth-order valence-corrected chi connectivity index (χ4v) is 3.37. The molecule has 0 unspecified atom stereocenters. The lowest BCUT2D eigenvalue weighted by Crippen LogP contribution is -2.32. The second-order valence-corrected chi connectivity index (χ2v) is 6.91. The molecule has 2 aromatic heterocycles. The van der Waals surface area contributed by atoms with Gasteiger partial charge in [-0.1, -0.05) is 28.9 Å². The lowest BCUT2D eigenvalue weighted by atomic mass is 10.1. The van der Waals surface area contributed by atoms with Crippen molar-refractivity contribution in [1.82, 2.24) is 20.0 Å². The molecule has 0 radical (unpaired) electrons. The third kappa shape index (κ3) is 3.40. The van der Waals surface area contributed by atoms with Crippen molar-refractivity contribution in [1.29, 1.82) is 0 Å². The van der Waals surface area contributed by atoms with Crippen molar-refractivity contribution in [3.8, 4) is 11.4 Å². The summed E-state index contributed by atoms with van der Waals surface area (Å²) in [5, 5.41) is 3.99. The molecule has 0 fully saturated rings. The van der Waals surface area contributed by atoms with Gasteiger partial charge in [-0.15, -0.1) is 0 Å². The van der Waals surface area contributed by atoms with Crippen LogP contribution in [-0.4, -0.2) is 33.0 Å². The second kappa shape index (κ2) is 6.83. The van der Waals surface area contributed by atoms with E-state index >= 15 is 0 Å². The van der Waals surface area contributed by atoms with Gasteiger partial charge in [0.25, 0.3) is 11.5 Å². The minimum atomic E-state index is -0.360. The minimum absolute atomic E-state index is 0.133. The van der Waals surface area contributed by atoms with Gasteiger partial charge in [-0.25, -0.2) is 0 Å². The monoisotopic (exact) mass is 364 g/mol. The van der Waals surface area contributed by atoms with Crippen molar-refractivity contribution in [2.24, 2.45) is 0 Å². The number of rotatable bonds is 4. The van der Waals surface area contributed by atoms with Crippen molar-refractivity contribution in [2.75, 3.05) is 7.05 Å². The Morgan fingerprint density at radius 3 is 2.96 bits per heavy atom. The summed E-state index contributed by atoms with van der Waals surface area (Å²) in [6.45, 7) is 2.12. The first-order valence-electron chi connectivity index (χ1n) is 8.91. The first-order chi connectivity index (χ1) is 13.0. The predicted molar refractivity (Wildman–Crippen MR) is 99.4 cm³/mol. The molecule has 1 amide bonds. The number of hydrogen-bond acceptors (Lipinski definition) is 5. The van der Waals surface area contributed by atoms with Crippen LogP contribution in [0.1, 0.15) is 39.5 Å². The Labute approximate surface area is 156 Å². The van der Waals surface area contributed by atoms with Gasteiger partial charge in [-0.05, 0) is 43.9 Å². The number of benzene rings is 1. The molecule has 7 heteroatoms. The lowest BCUT2D eigenvalue weighted by molar-refractivity contribution is 0.0767. The third-order valence-corrected chi connectivity index (χ3v) is 4.78. The van der Waals surface area contributed by atoms with Crippen LogP contribution in [-0.2, 0) is 19.4 Å². The molecular formula is C20H20N4O3. The number of hydrogen-bond donors (Lipinski definition) is 1. The molecule has 4 rings (SSSR count). The van der Waals surface area contributed by atoms with E-state index in [2.05, 4.69) is 15.1 Å². The van der Waals surface area contributed by atoms with Crippen molar-refractivity contribution in [2.45, 2.75) is 32.7 Å². The zero-order valence-corrected chi connectivity index (χ0v) is 15.3. The zero-order valence-electron chi connectivity index (χ0n) is 15.3. The number of H-pyrrole nitrogens is 1. The molecule has 138 valence electrons. The Morgan fingerprint density at radius 1 is 1.30 bits per heavy atom. The van der Waals surface area contributed by atoms with E-state index in [9.17, 15) is 9.59 Å². The summed E-state index contributed by atoms with van der Waals surface area (Å²) in [5.41, 5.74) is 3.75. The van der Waals surface area contributed by atoms with Crippen LogP contribution in [0.2, 0.25) is 0 Å². The topological polar surface area (TPSA) is 92.1 Å². The molecule has 2 heterocycles. The number of amides is 1. The van der Waals surface area contributed by atoms with Gasteiger partial charge in [0, 0.05) is 18.3 Å². The maximum Gasteiger partial charge on any atom is 0.261 e. The molecule has 0 atom stereocenters. The first kappa shape index (κ1) is 17.2. The molecule has 0 aliphatic heterocycles. The van der Waals surface area contributed by atoms with Crippen molar-refractivity contribution in [3.63, 3.8) is 0 Å². The number of carbonyl (C=O) groups excluding carboxylic acids is 1. The van der Waals surface area contributed by atoms with Crippen molar-refractivity contribution >= 4 is 5.91 Å². The summed E-state index contributed by atoms with van der Waals surface area (Å²) in [7, 11) is 1.62. The largest absolute Gasteiger partial charge is 0.337 e. The van der Waals surface area contributed by atoms with Crippen LogP contribution < -0.4 is 5.56 Å². The fourth-order valence-electron chi connectivity index (χ4n) is 3.37. The van der Waals surface area contributed by atoms with E-state index in [0.717, 1.165) is 41.6 Å². The average molecular weight is 364 g/mol. The van der Waals surface area contributed by atoms with Crippen LogP contribution in [0.5, 0.6) is 0 Å². The molecule has 0 bridgehead atoms. The van der Waals surface area contributed by atoms with Crippen LogP contribution in [0.4, 0.5) is 0 Å². The van der Waals surface area contributed by atoms with Gasteiger partial charge >= 0.3 is 0 Å². The maximum atomic E-state index is 12.7. The summed E-state index contributed by atoms with van der Waals surface area (Å²) in [6.07, 6.45) is 2.75. The highest BCUT2D eigenvalue weighted by Gasteiger charge is 2.22. The molecule has 27 heavy (non-hydrogen) atoms. The standard InChI is InChI=1S/C20H20N4O3/c1-12-5-3-7-14(9-12)18-22-17(27-23-18)11-24(2)20(26)15-10-13-6-4-8-16(13)21-19(15)25/h3,5,7,9-10H,4,6,8,11H2,1-2H3,(H,21,25). The number of fused-ring (bicyclic) bond motifs is 1. The molecule has 1 N–H and O–H groups in total. The van der Waals surface area contributed by atoms with E-state index in [1.165, 1.54) is 4.90 Å². The summed E-state index contributed by atoms with van der Waals surface area (Å²) < 4.78 is 5.28. The number of nitrogens with zero attached hydrogens (tertiary/aromatic N) is 3. The number of aromatic amines is 1. The number of pyridine rings is 1. The van der Waals surface area contributed by atoms with Crippen LogP contribution in [0, 0.1) is 6.92 Å². The van der Waals surface area contributed by atoms with Gasteiger partial charge in [-0.3, -0.25) is 9.59 Å². The summed E-state index contributed by atoms with van der Waals surface area (Å²) >= 11 is 0. The molecule has 1 aromatic carbocycles. The quantitative estimate of drug-likeness (QED) is 0.768. The Morgan fingerprint density at radius 2 is 2.15 bits per heavy atom. The van der Waals surface area contributed by atoms with Gasteiger partial charge < -0.3 is 14.4 Å². The average Bonchev–Trinajstić information content (AvgIpc) is 3.29. The van der Waals surface area contributed by atoms with Crippen molar-refractivity contribution < 1.29 is 9.32 Å². The van der Waals surface area contributed by atoms with Crippen LogP contribution in [0.15, 0.2) is 39.6 Å². The molecule has 1 aliphatic rings. The van der Waals surface area contributed by atoms with E-state index in [-0.39, 0.29) is 23.6 Å². The Bertz CT molecular complexity index is 1070. The van der Waals surface area contributed by atoms with E-state index in [1.54, 1.807) is 13.1 Å². The highest BCUT2D eigenvalue weighted by atomic mass is 16.5. The maximum absolute atomic E-state index is 12.7. The first-order valence-corrected chi connectivity index (χ1v) is 8.91. The molecule has 7 nitrogen and oxygen atoms in total. The Hall–Kier alpha value is -3.22. The number of aromatic nitrogens is 3. The van der Waals surface area contributed by atoms with Gasteiger partial charge in [0.1, 0.15) is 12.1 Å². The fraction of sp³-hybridized carbons (Fsp3) is 0.300. The lowest BCUT2D eigenvalue weighted by Gasteiger charge is -2.14. The minimum Gasteiger partial charge on any atom is -0.337 e. The van der Waals surface area contributed by atoms with E-state index in [4.69, 9.17) is 4.52 Å². The number of aryl methyl sites for hydroxylation is 3. The van der Waals surface area contributed by atoms with E-state index < -0.39 is 0 Å². The third-order valence-electron chi connectivity index (χ3n) is 4.78. The van der Waals surface area contributed by atoms with E-state index in [1.807, 2.05) is 31.2 Å². The summed E-state index contributed by atoms with van der Waals surface area (Å²) in [6, 6.07) is 9.50. The molecule has 1 aliphatic carbocycles. The van der Waals surface area contributed by atoms with Crippen molar-refractivity contribution in [3.05, 3.63) is 69.0 Å². The molecule has 0 saturated heterocycles. The van der Waals surface area contributed by atoms with Gasteiger partial charge in [-0.2, -0.15) is 4.98 Å². The molecular weight excluding hydrogens is 344 g/mol. The van der Waals surface area contributed by atoms with Crippen LogP contribution >= 0.6 is 0 Å². The Balaban J connectivity index is 1.52. The number of nitrogens with one attached hydrogen (secondary N) is 1. The second-order valence-electron chi connectivity index (χ2n) is 6.91. The van der Waals surface area contributed by atoms with Gasteiger partial charge in [0.05, 0.1) is 0 Å². The molecule has 3 aromatic rings. The smallest absolute Gasteiger partial charge is 0.261 e. The predicted octanol–water partition coefficient (Wildman–Crippen LogP) is 2.49. The van der Waals surface area contributed by atoms with Gasteiger partial charge in [0.15, 0.2) is 0 Å². The highest BCUT2D eigenvalue weighted by molar-refractivity contribution is 5.93. The summed E-state index contributed by atoms with van der Waals surface area (Å²) in [5.74, 6) is 0.436. The SMILES string of the molecule is Cc1cccc(-c2noc(CN(C)C(=O)c3cc4c([nH]c3=O)CCC4)n2)c1. The van der Waals surface area contributed by atoms with Gasteiger partial charge in [0.2, 0.25) is 11.7 Å². The normalized spacial score (nSPS) is 12.8. The zero-order chi connectivity index (χ0) is 19.0. The van der Waals surface area contributed by atoms with Crippen LogP contribution in [0.25, 0.3) is 11.4 Å². The molecule has 0 spiro atoms. The number of carbonyl (C=O) groups is 1. The Kier molecular flexibility index (Phi) is 4.35. The highest BCUT2D eigenvalue weighted by Crippen LogP contribution is 2.20.